The van der Waals surface area contributed by atoms with Gasteiger partial charge in [0.25, 0.3) is 0 Å². The lowest BCUT2D eigenvalue weighted by Crippen LogP contribution is -2.46. The Hall–Kier alpha value is -2.85. The highest BCUT2D eigenvalue weighted by Gasteiger charge is 2.40. The minimum Gasteiger partial charge on any atom is -0.394 e. The largest absolute Gasteiger partial charge is 0.473 e. The monoisotopic (exact) mass is 772 g/mol. The number of nitrogens with one attached hydrogen (secondary N) is 1. The summed E-state index contributed by atoms with van der Waals surface area (Å²) in [6, 6.07) is 1.39. The number of benzene rings is 1. The van der Waals surface area contributed by atoms with Crippen molar-refractivity contribution in [2.75, 3.05) is 46.2 Å². The van der Waals surface area contributed by atoms with Crippen LogP contribution in [0.15, 0.2) is 16.8 Å². The summed E-state index contributed by atoms with van der Waals surface area (Å²) >= 11 is 0. The number of aliphatic hydroxyl groups is 2. The molecule has 1 aromatic heterocycles. The number of likely N-dealkylation sites (N-methyl/N-ethyl adjacent to an activating group) is 1. The molecule has 0 amide bonds. The minimum absolute atomic E-state index is 0.00715. The molecule has 4 N–H and O–H groups in total. The number of carbonyl (C=O) groups excluding carboxylic acids is 2. The molecule has 0 fully saturated rings. The molecular weight excluding hydrogens is 709 g/mol. The van der Waals surface area contributed by atoms with Crippen molar-refractivity contribution in [3.63, 3.8) is 0 Å². The first kappa shape index (κ1) is 46.3. The van der Waals surface area contributed by atoms with E-state index in [9.17, 15) is 39.4 Å². The number of nitro groups is 1. The van der Waals surface area contributed by atoms with Crippen LogP contribution in [0.25, 0.3) is 11.0 Å². The highest BCUT2D eigenvalue weighted by Crippen LogP contribution is 2.45. The maximum Gasteiger partial charge on any atom is 0.473 e. The molecule has 0 aliphatic carbocycles. The number of carbonyl (C=O) groups is 2. The highest BCUT2D eigenvalue weighted by atomic mass is 31.2. The molecule has 302 valence electrons. The fourth-order valence-electron chi connectivity index (χ4n) is 5.96. The van der Waals surface area contributed by atoms with E-state index in [1.54, 1.807) is 0 Å². The third-order valence-corrected chi connectivity index (χ3v) is 10.1. The van der Waals surface area contributed by atoms with Gasteiger partial charge < -0.3 is 24.9 Å². The van der Waals surface area contributed by atoms with Gasteiger partial charge in [0, 0.05) is 12.8 Å². The number of aromatic nitrogens is 2. The van der Waals surface area contributed by atoms with Crippen LogP contribution in [0.1, 0.15) is 122 Å². The van der Waals surface area contributed by atoms with E-state index >= 15 is 0 Å². The number of phosphoric ester groups is 1. The summed E-state index contributed by atoms with van der Waals surface area (Å²) in [6.45, 7) is 1.35. The minimum atomic E-state index is -4.92. The highest BCUT2D eigenvalue weighted by molar-refractivity contribution is 7.47. The Morgan fingerprint density at radius 3 is 2.06 bits per heavy atom. The molecule has 2 aromatic rings. The summed E-state index contributed by atoms with van der Waals surface area (Å²) in [4.78, 5) is 48.3. The van der Waals surface area contributed by atoms with Gasteiger partial charge in [-0.05, 0) is 41.7 Å². The van der Waals surface area contributed by atoms with Gasteiger partial charge in [-0.2, -0.15) is 0 Å². The number of hydrogen-bond acceptors (Lipinski definition) is 13. The van der Waals surface area contributed by atoms with Crippen molar-refractivity contribution in [3.05, 3.63) is 22.2 Å². The Balaban J connectivity index is 1.99. The third kappa shape index (κ3) is 18.4. The molecule has 0 spiro atoms. The van der Waals surface area contributed by atoms with Gasteiger partial charge in [0.15, 0.2) is 11.9 Å². The van der Waals surface area contributed by atoms with Gasteiger partial charge in [0.2, 0.25) is 5.52 Å². The van der Waals surface area contributed by atoms with Crippen LogP contribution < -0.4 is 5.32 Å². The molecule has 0 radical (unpaired) electrons. The Labute approximate surface area is 313 Å². The molecule has 0 aliphatic rings. The SMILES string of the molecule is CCCCCCCCCCCCCCCC(=O)CCCCC(Nc1ccc2nonc2c1[N+](=O)[O-])C(=O)C(OP(=O)(O)OCC[N+](C)(C)C)[C@@H](O)CO. The van der Waals surface area contributed by atoms with Gasteiger partial charge in [-0.3, -0.25) is 28.8 Å². The smallest absolute Gasteiger partial charge is 0.394 e. The second kappa shape index (κ2) is 24.5. The zero-order valence-corrected chi connectivity index (χ0v) is 33.0. The van der Waals surface area contributed by atoms with E-state index in [1.807, 2.05) is 21.1 Å². The van der Waals surface area contributed by atoms with Crippen molar-refractivity contribution in [1.29, 1.82) is 0 Å². The molecule has 0 bridgehead atoms. The van der Waals surface area contributed by atoms with Crippen LogP contribution in [0.5, 0.6) is 0 Å². The van der Waals surface area contributed by atoms with Crippen LogP contribution in [0.2, 0.25) is 0 Å². The molecule has 4 atom stereocenters. The van der Waals surface area contributed by atoms with Crippen LogP contribution >= 0.6 is 7.82 Å². The van der Waals surface area contributed by atoms with E-state index in [-0.39, 0.29) is 42.0 Å². The van der Waals surface area contributed by atoms with Crippen LogP contribution in [-0.2, 0) is 23.2 Å². The Bertz CT molecular complexity index is 1430. The summed E-state index contributed by atoms with van der Waals surface area (Å²) in [5.74, 6) is -0.852. The van der Waals surface area contributed by atoms with Crippen molar-refractivity contribution in [2.45, 2.75) is 141 Å². The van der Waals surface area contributed by atoms with Crippen LogP contribution in [0.3, 0.4) is 0 Å². The van der Waals surface area contributed by atoms with Gasteiger partial charge in [-0.25, -0.2) is 9.19 Å². The van der Waals surface area contributed by atoms with Gasteiger partial charge in [0.1, 0.15) is 36.2 Å². The number of aliphatic hydroxyl groups excluding tert-OH is 2. The Kier molecular flexibility index (Phi) is 21.4. The summed E-state index contributed by atoms with van der Waals surface area (Å²) in [5, 5.41) is 42.4. The number of phosphoric acid groups is 1. The molecule has 1 heterocycles. The lowest BCUT2D eigenvalue weighted by molar-refractivity contribution is -0.870. The predicted molar refractivity (Wildman–Crippen MR) is 201 cm³/mol. The molecular formula is C36H63N5O11P+. The molecule has 3 unspecified atom stereocenters. The fourth-order valence-corrected chi connectivity index (χ4v) is 6.86. The topological polar surface area (TPSA) is 224 Å². The second-order valence-corrected chi connectivity index (χ2v) is 16.2. The first-order chi connectivity index (χ1) is 25.2. The average Bonchev–Trinajstić information content (AvgIpc) is 3.58. The van der Waals surface area contributed by atoms with Gasteiger partial charge in [0.05, 0.1) is 38.7 Å². The lowest BCUT2D eigenvalue weighted by Gasteiger charge is -2.28. The fraction of sp³-hybridized carbons (Fsp3) is 0.778. The lowest BCUT2D eigenvalue weighted by atomic mass is 9.96. The Morgan fingerprint density at radius 2 is 1.51 bits per heavy atom. The standard InChI is InChI=1S/C36H62N5O11P/c1-5-6-7-8-9-10-11-12-13-14-15-16-17-20-28(43)21-18-19-22-31(37-30-24-23-29-33(39-52-38-29)34(30)40(46)47)35(45)36(32(44)27-42)51-53(48,49)50-26-25-41(2,3)4/h23-24,31-32,36,42,44H,5-22,25-27H2,1-4H3,(H-,37,39,48,49)/p+1/t31?,32-,36?/m0/s1. The first-order valence-electron chi connectivity index (χ1n) is 19.2. The number of quaternary nitrogens is 1. The third-order valence-electron chi connectivity index (χ3n) is 9.09. The summed E-state index contributed by atoms with van der Waals surface area (Å²) in [6.07, 6.45) is 13.3. The predicted octanol–water partition coefficient (Wildman–Crippen LogP) is 6.65. The second-order valence-electron chi connectivity index (χ2n) is 14.8. The number of anilines is 1. The molecule has 53 heavy (non-hydrogen) atoms. The molecule has 16 nitrogen and oxygen atoms in total. The van der Waals surface area contributed by atoms with E-state index in [4.69, 9.17) is 9.05 Å². The van der Waals surface area contributed by atoms with Crippen molar-refractivity contribution in [1.82, 2.24) is 10.3 Å². The normalized spacial score (nSPS) is 14.8. The molecule has 0 aliphatic heterocycles. The number of nitrogens with zero attached hydrogens (tertiary/aromatic N) is 4. The van der Waals surface area contributed by atoms with Crippen molar-refractivity contribution < 1.29 is 52.3 Å². The van der Waals surface area contributed by atoms with Gasteiger partial charge in [-0.15, -0.1) is 0 Å². The maximum atomic E-state index is 13.9. The van der Waals surface area contributed by atoms with E-state index in [2.05, 4.69) is 27.2 Å². The Morgan fingerprint density at radius 1 is 0.943 bits per heavy atom. The zero-order valence-electron chi connectivity index (χ0n) is 32.1. The molecule has 17 heteroatoms. The summed E-state index contributed by atoms with van der Waals surface area (Å²) in [5.41, 5.74) is -0.709. The zero-order chi connectivity index (χ0) is 39.3. The van der Waals surface area contributed by atoms with E-state index in [1.165, 1.54) is 76.3 Å². The van der Waals surface area contributed by atoms with Gasteiger partial charge in [-0.1, -0.05) is 90.4 Å². The number of nitro benzene ring substituents is 1. The van der Waals surface area contributed by atoms with Crippen molar-refractivity contribution >= 4 is 41.8 Å². The quantitative estimate of drug-likeness (QED) is 0.0201. The van der Waals surface area contributed by atoms with Crippen molar-refractivity contribution in [2.24, 2.45) is 0 Å². The number of Topliss-reactive ketones (excluding diaryl/α,β-unsaturated/α-hetero) is 2. The number of unbranched alkanes of at least 4 members (excludes halogenated alkanes) is 13. The van der Waals surface area contributed by atoms with E-state index in [0.29, 0.717) is 30.3 Å². The molecule has 1 aromatic carbocycles. The van der Waals surface area contributed by atoms with Crippen LogP contribution in [0.4, 0.5) is 11.4 Å². The number of ketones is 2. The number of hydrogen-bond donors (Lipinski definition) is 4. The summed E-state index contributed by atoms with van der Waals surface area (Å²) in [7, 11) is 0.596. The number of rotatable bonds is 32. The average molecular weight is 773 g/mol. The van der Waals surface area contributed by atoms with E-state index < -0.39 is 49.1 Å². The van der Waals surface area contributed by atoms with Crippen LogP contribution in [-0.4, -0.2) is 106 Å². The maximum absolute atomic E-state index is 13.9. The van der Waals surface area contributed by atoms with Crippen LogP contribution in [0, 0.1) is 10.1 Å². The summed E-state index contributed by atoms with van der Waals surface area (Å²) < 4.78 is 28.1. The van der Waals surface area contributed by atoms with Gasteiger partial charge >= 0.3 is 13.5 Å². The molecule has 0 saturated heterocycles. The molecule has 2 rings (SSSR count). The number of fused-ring (bicyclic) bond motifs is 1. The molecule has 0 saturated carbocycles. The van der Waals surface area contributed by atoms with E-state index in [0.717, 1.165) is 19.3 Å². The van der Waals surface area contributed by atoms with Crippen molar-refractivity contribution in [3.8, 4) is 0 Å². The first-order valence-corrected chi connectivity index (χ1v) is 20.6.